The Labute approximate surface area is 413 Å². The molecule has 0 amide bonds. The maximum Gasteiger partial charge on any atom is 0.138 e. The van der Waals surface area contributed by atoms with Crippen molar-refractivity contribution in [2.24, 2.45) is 0 Å². The molecule has 0 N–H and O–H groups in total. The molecule has 0 aromatic heterocycles. The Bertz CT molecular complexity index is 2650. The number of hydrogen-bond donors (Lipinski definition) is 0. The van der Waals surface area contributed by atoms with Gasteiger partial charge in [0.05, 0.1) is 0 Å². The highest BCUT2D eigenvalue weighted by Crippen LogP contribution is 2.57. The van der Waals surface area contributed by atoms with Crippen LogP contribution in [0.1, 0.15) is 99.9 Å². The average Bonchev–Trinajstić information content (AvgIpc) is 3.40. The molecule has 0 aliphatic carbocycles. The molecule has 0 spiro atoms. The Balaban J connectivity index is 1.24. The van der Waals surface area contributed by atoms with E-state index in [1.165, 1.54) is 49.8 Å². The molecule has 3 heteroatoms. The van der Waals surface area contributed by atoms with Gasteiger partial charge in [0.25, 0.3) is 0 Å². The largest absolute Gasteiger partial charge is 0.299 e. The second kappa shape index (κ2) is 19.6. The van der Waals surface area contributed by atoms with E-state index in [-0.39, 0.29) is 21.7 Å². The van der Waals surface area contributed by atoms with Crippen molar-refractivity contribution >= 4 is 36.3 Å². The van der Waals surface area contributed by atoms with Crippen molar-refractivity contribution in [2.75, 3.05) is 9.34 Å². The van der Waals surface area contributed by atoms with Crippen LogP contribution in [0.5, 0.6) is 0 Å². The third-order valence-corrected chi connectivity index (χ3v) is 17.1. The Hall–Kier alpha value is -6.99. The van der Waals surface area contributed by atoms with Crippen LogP contribution < -0.4 is 14.6 Å². The summed E-state index contributed by atoms with van der Waals surface area (Å²) in [6, 6.07) is 92.0. The molecule has 9 aromatic carbocycles. The SMILES string of the molecule is CC(C)(c1ccccc1)c1ccc(N(c2ccc(C(C)(C)c3ccccc3)cc2)P(c2ccccc2)N(c2ccc(C(C)(C)c3ccccc3)cc2)c2ccc(C(C)(C)c3ccccc3)cc2)cc1. The van der Waals surface area contributed by atoms with Crippen LogP contribution in [0.4, 0.5) is 22.7 Å². The van der Waals surface area contributed by atoms with E-state index in [1.807, 2.05) is 0 Å². The molecular weight excluding hydrogens is 852 g/mol. The van der Waals surface area contributed by atoms with Crippen LogP contribution in [-0.2, 0) is 21.7 Å². The predicted molar refractivity (Wildman–Crippen MR) is 297 cm³/mol. The number of hydrogen-bond acceptors (Lipinski definition) is 2. The van der Waals surface area contributed by atoms with E-state index in [2.05, 4.69) is 313 Å². The van der Waals surface area contributed by atoms with E-state index in [1.54, 1.807) is 0 Å². The zero-order chi connectivity index (χ0) is 48.2. The maximum absolute atomic E-state index is 2.60. The first-order chi connectivity index (χ1) is 33.3. The zero-order valence-electron chi connectivity index (χ0n) is 41.5. The molecule has 2 nitrogen and oxygen atoms in total. The van der Waals surface area contributed by atoms with Crippen LogP contribution >= 0.6 is 8.22 Å². The van der Waals surface area contributed by atoms with Crippen LogP contribution in [0, 0.1) is 0 Å². The van der Waals surface area contributed by atoms with Crippen LogP contribution in [0.3, 0.4) is 0 Å². The first-order valence-corrected chi connectivity index (χ1v) is 25.6. The predicted octanol–water partition coefficient (Wildman–Crippen LogP) is 17.6. The molecule has 0 fully saturated rings. The second-order valence-electron chi connectivity index (χ2n) is 20.4. The lowest BCUT2D eigenvalue weighted by Gasteiger charge is -2.42. The van der Waals surface area contributed by atoms with Crippen molar-refractivity contribution in [1.29, 1.82) is 0 Å². The molecule has 69 heavy (non-hydrogen) atoms. The fourth-order valence-corrected chi connectivity index (χ4v) is 12.3. The highest BCUT2D eigenvalue weighted by Gasteiger charge is 2.34. The van der Waals surface area contributed by atoms with Crippen molar-refractivity contribution < 1.29 is 0 Å². The molecule has 9 rings (SSSR count). The number of rotatable bonds is 15. The van der Waals surface area contributed by atoms with Gasteiger partial charge in [0, 0.05) is 49.7 Å². The van der Waals surface area contributed by atoms with E-state index < -0.39 is 8.22 Å². The van der Waals surface area contributed by atoms with E-state index >= 15 is 0 Å². The first kappa shape index (κ1) is 47.1. The molecule has 0 radical (unpaired) electrons. The lowest BCUT2D eigenvalue weighted by molar-refractivity contribution is 0.640. The van der Waals surface area contributed by atoms with Gasteiger partial charge in [-0.3, -0.25) is 9.34 Å². The summed E-state index contributed by atoms with van der Waals surface area (Å²) in [5.74, 6) is 0. The molecule has 0 saturated heterocycles. The van der Waals surface area contributed by atoms with E-state index in [4.69, 9.17) is 0 Å². The standard InChI is InChI=1S/C66H65N2P/c1-63(2,50-24-14-9-15-25-50)54-34-42-58(43-35-54)67(59-44-36-55(37-45-59)64(3,4)51-26-16-10-17-27-51)69(62-32-22-13-23-33-62)68(60-46-38-56(39-47-60)65(5,6)52-28-18-11-19-29-52)61-48-40-57(41-49-61)66(7,8)53-30-20-12-21-31-53/h9-49H,1-8H3. The summed E-state index contributed by atoms with van der Waals surface area (Å²) in [5, 5.41) is 1.23. The molecule has 0 aliphatic rings. The van der Waals surface area contributed by atoms with Gasteiger partial charge in [0.15, 0.2) is 0 Å². The third kappa shape index (κ3) is 9.57. The lowest BCUT2D eigenvalue weighted by Crippen LogP contribution is -2.29. The minimum Gasteiger partial charge on any atom is -0.299 e. The normalized spacial score (nSPS) is 12.2. The summed E-state index contributed by atoms with van der Waals surface area (Å²) in [6.45, 7) is 18.6. The third-order valence-electron chi connectivity index (χ3n) is 14.7. The smallest absolute Gasteiger partial charge is 0.138 e. The van der Waals surface area contributed by atoms with Gasteiger partial charge < -0.3 is 0 Å². The second-order valence-corrected chi connectivity index (χ2v) is 22.3. The van der Waals surface area contributed by atoms with Gasteiger partial charge in [-0.2, -0.15) is 0 Å². The monoisotopic (exact) mass is 916 g/mol. The maximum atomic E-state index is 2.60. The van der Waals surface area contributed by atoms with Crippen molar-refractivity contribution in [3.63, 3.8) is 0 Å². The molecule has 0 unspecified atom stereocenters. The highest BCUT2D eigenvalue weighted by atomic mass is 31.1. The summed E-state index contributed by atoms with van der Waals surface area (Å²) in [4.78, 5) is 0. The minimum atomic E-state index is -1.35. The molecule has 0 saturated carbocycles. The van der Waals surface area contributed by atoms with Crippen molar-refractivity contribution in [3.05, 3.63) is 293 Å². The summed E-state index contributed by atoms with van der Waals surface area (Å²) in [5.41, 5.74) is 14.0. The van der Waals surface area contributed by atoms with Crippen molar-refractivity contribution in [2.45, 2.75) is 77.0 Å². The summed E-state index contributed by atoms with van der Waals surface area (Å²) >= 11 is 0. The fraction of sp³-hybridized carbons (Fsp3) is 0.182. The van der Waals surface area contributed by atoms with E-state index in [9.17, 15) is 0 Å². The summed E-state index contributed by atoms with van der Waals surface area (Å²) in [6.07, 6.45) is 0. The number of benzene rings is 9. The van der Waals surface area contributed by atoms with Gasteiger partial charge in [-0.25, -0.2) is 0 Å². The molecule has 0 aliphatic heterocycles. The van der Waals surface area contributed by atoms with E-state index in [0.717, 1.165) is 22.7 Å². The lowest BCUT2D eigenvalue weighted by atomic mass is 9.78. The van der Waals surface area contributed by atoms with Gasteiger partial charge in [0.1, 0.15) is 8.22 Å². The average molecular weight is 917 g/mol. The van der Waals surface area contributed by atoms with Gasteiger partial charge in [-0.1, -0.05) is 256 Å². The molecule has 0 heterocycles. The van der Waals surface area contributed by atoms with Gasteiger partial charge >= 0.3 is 0 Å². The van der Waals surface area contributed by atoms with Gasteiger partial charge in [0.2, 0.25) is 0 Å². The molecule has 0 bridgehead atoms. The van der Waals surface area contributed by atoms with E-state index in [0.29, 0.717) is 0 Å². The van der Waals surface area contributed by atoms with Gasteiger partial charge in [-0.15, -0.1) is 0 Å². The summed E-state index contributed by atoms with van der Waals surface area (Å²) in [7, 11) is -1.35. The van der Waals surface area contributed by atoms with Crippen LogP contribution in [0.25, 0.3) is 0 Å². The highest BCUT2D eigenvalue weighted by molar-refractivity contribution is 7.69. The zero-order valence-corrected chi connectivity index (χ0v) is 42.4. The molecule has 9 aromatic rings. The topological polar surface area (TPSA) is 6.48 Å². The minimum absolute atomic E-state index is 0.184. The van der Waals surface area contributed by atoms with Crippen LogP contribution in [-0.4, -0.2) is 0 Å². The Morgan fingerprint density at radius 1 is 0.217 bits per heavy atom. The fourth-order valence-electron chi connectivity index (χ4n) is 9.78. The van der Waals surface area contributed by atoms with Crippen LogP contribution in [0.2, 0.25) is 0 Å². The molecule has 344 valence electrons. The molecule has 0 atom stereocenters. The summed E-state index contributed by atoms with van der Waals surface area (Å²) < 4.78 is 5.21. The molecular formula is C66H65N2P. The number of anilines is 4. The quantitative estimate of drug-likeness (QED) is 0.0946. The first-order valence-electron chi connectivity index (χ1n) is 24.4. The van der Waals surface area contributed by atoms with Gasteiger partial charge in [-0.05, 0) is 93.0 Å². The van der Waals surface area contributed by atoms with Crippen LogP contribution in [0.15, 0.2) is 249 Å². The Morgan fingerprint density at radius 3 is 0.594 bits per heavy atom. The van der Waals surface area contributed by atoms with Crippen molar-refractivity contribution in [1.82, 2.24) is 0 Å². The Morgan fingerprint density at radius 2 is 0.391 bits per heavy atom. The van der Waals surface area contributed by atoms with Crippen molar-refractivity contribution in [3.8, 4) is 0 Å². The Kier molecular flexibility index (Phi) is 13.3. The number of nitrogens with zero attached hydrogens (tertiary/aromatic N) is 2.